The first-order chi connectivity index (χ1) is 12.7. The molecule has 0 unspecified atom stereocenters. The summed E-state index contributed by atoms with van der Waals surface area (Å²) < 4.78 is 5.40. The minimum Gasteiger partial charge on any atom is -0.333 e. The summed E-state index contributed by atoms with van der Waals surface area (Å²) in [6, 6.07) is 22.6. The van der Waals surface area contributed by atoms with Gasteiger partial charge in [-0.05, 0) is 42.0 Å². The molecule has 3 aromatic carbocycles. The van der Waals surface area contributed by atoms with Crippen LogP contribution in [0.4, 0.5) is 0 Å². The topological polar surface area (TPSA) is 55.5 Å². The number of halogens is 1. The first kappa shape index (κ1) is 16.8. The third kappa shape index (κ3) is 3.47. The van der Waals surface area contributed by atoms with Crippen LogP contribution in [0.25, 0.3) is 22.2 Å². The first-order valence-electron chi connectivity index (χ1n) is 8.60. The van der Waals surface area contributed by atoms with Gasteiger partial charge in [0.25, 0.3) is 5.89 Å². The van der Waals surface area contributed by atoms with E-state index in [4.69, 9.17) is 16.1 Å². The van der Waals surface area contributed by atoms with Crippen molar-refractivity contribution in [3.63, 3.8) is 0 Å². The lowest BCUT2D eigenvalue weighted by Gasteiger charge is -2.12. The molecule has 1 atom stereocenters. The second-order valence-corrected chi connectivity index (χ2v) is 6.75. The van der Waals surface area contributed by atoms with Gasteiger partial charge in [0.2, 0.25) is 5.82 Å². The zero-order valence-electron chi connectivity index (χ0n) is 14.4. The summed E-state index contributed by atoms with van der Waals surface area (Å²) >= 11 is 5.92. The van der Waals surface area contributed by atoms with Gasteiger partial charge >= 0.3 is 0 Å². The summed E-state index contributed by atoms with van der Waals surface area (Å²) in [6.07, 6.45) is 0. The lowest BCUT2D eigenvalue weighted by Crippen LogP contribution is -2.83. The Labute approximate surface area is 156 Å². The van der Waals surface area contributed by atoms with Crippen molar-refractivity contribution in [1.29, 1.82) is 0 Å². The van der Waals surface area contributed by atoms with Crippen molar-refractivity contribution in [2.45, 2.75) is 19.5 Å². The van der Waals surface area contributed by atoms with Crippen molar-refractivity contribution in [3.05, 3.63) is 83.2 Å². The Bertz CT molecular complexity index is 1020. The number of rotatable bonds is 5. The van der Waals surface area contributed by atoms with E-state index in [2.05, 4.69) is 64.8 Å². The molecule has 2 N–H and O–H groups in total. The van der Waals surface area contributed by atoms with Crippen molar-refractivity contribution >= 4 is 22.4 Å². The van der Waals surface area contributed by atoms with Crippen LogP contribution in [-0.4, -0.2) is 10.1 Å². The molecule has 0 aliphatic rings. The molecule has 0 spiro atoms. The summed E-state index contributed by atoms with van der Waals surface area (Å²) in [5.74, 6) is 1.20. The van der Waals surface area contributed by atoms with Crippen LogP contribution in [0.15, 0.2) is 71.3 Å². The van der Waals surface area contributed by atoms with Crippen LogP contribution in [-0.2, 0) is 6.54 Å². The van der Waals surface area contributed by atoms with Crippen molar-refractivity contribution in [2.75, 3.05) is 0 Å². The fourth-order valence-electron chi connectivity index (χ4n) is 3.11. The molecule has 0 saturated carbocycles. The number of hydrogen-bond donors (Lipinski definition) is 1. The molecule has 0 radical (unpaired) electrons. The van der Waals surface area contributed by atoms with E-state index in [9.17, 15) is 0 Å². The number of nitrogens with two attached hydrogens (primary N) is 1. The molecule has 0 fully saturated rings. The van der Waals surface area contributed by atoms with E-state index in [1.54, 1.807) is 0 Å². The van der Waals surface area contributed by atoms with Gasteiger partial charge in [0, 0.05) is 16.1 Å². The molecule has 1 heterocycles. The van der Waals surface area contributed by atoms with Crippen LogP contribution in [0.2, 0.25) is 5.02 Å². The SMILES string of the molecule is C[C@H]([NH2+]Cc1nc(-c2ccc(Cl)cc2)no1)c1cccc2ccccc12. The molecule has 5 heteroatoms. The third-order valence-electron chi connectivity index (χ3n) is 4.53. The monoisotopic (exact) mass is 364 g/mol. The van der Waals surface area contributed by atoms with E-state index in [1.807, 2.05) is 24.3 Å². The van der Waals surface area contributed by atoms with Crippen molar-refractivity contribution in [1.82, 2.24) is 10.1 Å². The zero-order chi connectivity index (χ0) is 17.9. The van der Waals surface area contributed by atoms with E-state index in [0.29, 0.717) is 23.3 Å². The summed E-state index contributed by atoms with van der Waals surface area (Å²) in [4.78, 5) is 4.49. The van der Waals surface area contributed by atoms with Crippen molar-refractivity contribution in [3.8, 4) is 11.4 Å². The molecule has 130 valence electrons. The van der Waals surface area contributed by atoms with Crippen LogP contribution >= 0.6 is 11.6 Å². The molecule has 0 amide bonds. The maximum atomic E-state index is 5.92. The van der Waals surface area contributed by atoms with Gasteiger partial charge in [0.1, 0.15) is 6.04 Å². The Morgan fingerprint density at radius 2 is 1.77 bits per heavy atom. The Balaban J connectivity index is 1.48. The minimum atomic E-state index is 0.284. The standard InChI is InChI=1S/C21H18ClN3O/c1-14(18-8-4-6-15-5-2-3-7-19(15)18)23-13-20-24-21(25-26-20)16-9-11-17(22)12-10-16/h2-12,14,23H,13H2,1H3/p+1/t14-/m0/s1. The predicted molar refractivity (Wildman–Crippen MR) is 103 cm³/mol. The second-order valence-electron chi connectivity index (χ2n) is 6.32. The molecule has 4 rings (SSSR count). The molecular weight excluding hydrogens is 346 g/mol. The van der Waals surface area contributed by atoms with E-state index in [0.717, 1.165) is 5.56 Å². The Morgan fingerprint density at radius 3 is 2.62 bits per heavy atom. The Morgan fingerprint density at radius 1 is 1.00 bits per heavy atom. The quantitative estimate of drug-likeness (QED) is 0.572. The van der Waals surface area contributed by atoms with E-state index < -0.39 is 0 Å². The van der Waals surface area contributed by atoms with Gasteiger partial charge in [-0.3, -0.25) is 0 Å². The largest absolute Gasteiger partial charge is 0.333 e. The zero-order valence-corrected chi connectivity index (χ0v) is 15.1. The van der Waals surface area contributed by atoms with Gasteiger partial charge < -0.3 is 9.84 Å². The molecule has 0 aliphatic carbocycles. The summed E-state index contributed by atoms with van der Waals surface area (Å²) in [7, 11) is 0. The van der Waals surface area contributed by atoms with Gasteiger partial charge in [0.15, 0.2) is 6.54 Å². The average molecular weight is 365 g/mol. The normalized spacial score (nSPS) is 12.4. The number of nitrogens with zero attached hydrogens (tertiary/aromatic N) is 2. The highest BCUT2D eigenvalue weighted by Crippen LogP contribution is 2.22. The van der Waals surface area contributed by atoms with Gasteiger partial charge in [-0.25, -0.2) is 0 Å². The molecule has 1 aromatic heterocycles. The highest BCUT2D eigenvalue weighted by Gasteiger charge is 2.15. The molecule has 4 aromatic rings. The fourth-order valence-corrected chi connectivity index (χ4v) is 3.23. The highest BCUT2D eigenvalue weighted by atomic mass is 35.5. The van der Waals surface area contributed by atoms with Gasteiger partial charge in [-0.2, -0.15) is 4.98 Å². The Kier molecular flexibility index (Phi) is 4.69. The summed E-state index contributed by atoms with van der Waals surface area (Å²) in [6.45, 7) is 2.82. The number of hydrogen-bond acceptors (Lipinski definition) is 3. The molecule has 4 nitrogen and oxygen atoms in total. The number of quaternary nitrogens is 1. The van der Waals surface area contributed by atoms with Crippen molar-refractivity contribution < 1.29 is 9.84 Å². The van der Waals surface area contributed by atoms with Gasteiger partial charge in [0.05, 0.1) is 0 Å². The molecule has 0 aliphatic heterocycles. The first-order valence-corrected chi connectivity index (χ1v) is 8.98. The van der Waals surface area contributed by atoms with E-state index in [-0.39, 0.29) is 6.04 Å². The van der Waals surface area contributed by atoms with Crippen LogP contribution in [0.1, 0.15) is 24.4 Å². The van der Waals surface area contributed by atoms with Crippen LogP contribution in [0.3, 0.4) is 0 Å². The van der Waals surface area contributed by atoms with E-state index in [1.165, 1.54) is 16.3 Å². The van der Waals surface area contributed by atoms with E-state index >= 15 is 0 Å². The van der Waals surface area contributed by atoms with Crippen molar-refractivity contribution in [2.24, 2.45) is 0 Å². The number of fused-ring (bicyclic) bond motifs is 1. The smallest absolute Gasteiger partial charge is 0.282 e. The number of aromatic nitrogens is 2. The Hall–Kier alpha value is -2.69. The predicted octanol–water partition coefficient (Wildman–Crippen LogP) is 4.37. The molecule has 0 saturated heterocycles. The average Bonchev–Trinajstić information content (AvgIpc) is 3.15. The maximum absolute atomic E-state index is 5.92. The van der Waals surface area contributed by atoms with Gasteiger partial charge in [-0.15, -0.1) is 0 Å². The lowest BCUT2D eigenvalue weighted by atomic mass is 10.00. The summed E-state index contributed by atoms with van der Waals surface area (Å²) in [5, 5.41) is 9.51. The lowest BCUT2D eigenvalue weighted by molar-refractivity contribution is -0.709. The number of benzene rings is 3. The molecule has 0 bridgehead atoms. The summed E-state index contributed by atoms with van der Waals surface area (Å²) in [5.41, 5.74) is 2.20. The third-order valence-corrected chi connectivity index (χ3v) is 4.78. The van der Waals surface area contributed by atoms with Crippen LogP contribution < -0.4 is 5.32 Å². The minimum absolute atomic E-state index is 0.284. The maximum Gasteiger partial charge on any atom is 0.282 e. The van der Waals surface area contributed by atoms with Gasteiger partial charge in [-0.1, -0.05) is 59.2 Å². The highest BCUT2D eigenvalue weighted by molar-refractivity contribution is 6.30. The fraction of sp³-hybridized carbons (Fsp3) is 0.143. The molecular formula is C21H19ClN3O+. The molecule has 26 heavy (non-hydrogen) atoms. The van der Waals surface area contributed by atoms with Crippen LogP contribution in [0, 0.1) is 0 Å². The second kappa shape index (κ2) is 7.28. The van der Waals surface area contributed by atoms with Crippen LogP contribution in [0.5, 0.6) is 0 Å².